The van der Waals surface area contributed by atoms with Crippen LogP contribution in [0.4, 0.5) is 0 Å². The average molecular weight is 333 g/mol. The summed E-state index contributed by atoms with van der Waals surface area (Å²) in [5.41, 5.74) is 1.26. The lowest BCUT2D eigenvalue weighted by Crippen LogP contribution is -1.99. The molecule has 0 radical (unpaired) electrons. The Kier molecular flexibility index (Phi) is 3.06. The first kappa shape index (κ1) is 10.6. The number of benzene rings is 1. The van der Waals surface area contributed by atoms with E-state index in [-0.39, 0.29) is 0 Å². The lowest BCUT2D eigenvalue weighted by Gasteiger charge is -2.04. The van der Waals surface area contributed by atoms with Gasteiger partial charge in [0.2, 0.25) is 0 Å². The van der Waals surface area contributed by atoms with Gasteiger partial charge in [0.15, 0.2) is 6.29 Å². The van der Waals surface area contributed by atoms with Gasteiger partial charge in [-0.2, -0.15) is 5.10 Å². The highest BCUT2D eigenvalue weighted by Gasteiger charge is 2.05. The van der Waals surface area contributed by atoms with Crippen molar-refractivity contribution >= 4 is 40.5 Å². The second-order valence-corrected chi connectivity index (χ2v) is 4.61. The molecule has 1 aromatic heterocycles. The van der Waals surface area contributed by atoms with Gasteiger partial charge in [0.25, 0.3) is 0 Å². The van der Waals surface area contributed by atoms with Crippen LogP contribution in [0.2, 0.25) is 5.02 Å². The van der Waals surface area contributed by atoms with E-state index in [9.17, 15) is 4.79 Å². The summed E-state index contributed by atoms with van der Waals surface area (Å²) in [4.78, 5) is 10.9. The van der Waals surface area contributed by atoms with Gasteiger partial charge in [-0.25, -0.2) is 4.68 Å². The van der Waals surface area contributed by atoms with Crippen molar-refractivity contribution in [2.75, 3.05) is 0 Å². The van der Waals surface area contributed by atoms with Crippen molar-refractivity contribution in [3.8, 4) is 5.69 Å². The molecule has 0 bridgehead atoms. The van der Waals surface area contributed by atoms with Crippen LogP contribution in [-0.4, -0.2) is 16.1 Å². The first-order valence-corrected chi connectivity index (χ1v) is 5.61. The molecule has 0 atom stereocenters. The first-order chi connectivity index (χ1) is 7.20. The summed E-state index contributed by atoms with van der Waals surface area (Å²) in [6.07, 6.45) is 4.34. The number of halogens is 2. The zero-order chi connectivity index (χ0) is 10.8. The van der Waals surface area contributed by atoms with E-state index in [1.807, 2.05) is 6.20 Å². The van der Waals surface area contributed by atoms with Crippen LogP contribution in [0.25, 0.3) is 5.69 Å². The Morgan fingerprint density at radius 3 is 2.87 bits per heavy atom. The largest absolute Gasteiger partial charge is 0.298 e. The van der Waals surface area contributed by atoms with Gasteiger partial charge < -0.3 is 0 Å². The molecule has 0 spiro atoms. The Morgan fingerprint density at radius 2 is 2.27 bits per heavy atom. The molecule has 5 heteroatoms. The number of aromatic nitrogens is 2. The molecule has 76 valence electrons. The average Bonchev–Trinajstić information content (AvgIpc) is 2.64. The van der Waals surface area contributed by atoms with Crippen LogP contribution in [-0.2, 0) is 0 Å². The Labute approximate surface area is 105 Å². The molecule has 0 saturated carbocycles. The SMILES string of the molecule is O=Cc1cc(Cl)ccc1-n1cc(I)cn1. The molecule has 1 aromatic carbocycles. The number of aldehydes is 1. The van der Waals surface area contributed by atoms with Crippen LogP contribution in [0.1, 0.15) is 10.4 Å². The zero-order valence-corrected chi connectivity index (χ0v) is 10.4. The molecular weight excluding hydrogens is 326 g/mol. The number of carbonyl (C=O) groups excluding carboxylic acids is 1. The van der Waals surface area contributed by atoms with Crippen molar-refractivity contribution in [2.45, 2.75) is 0 Å². The fourth-order valence-electron chi connectivity index (χ4n) is 1.26. The highest BCUT2D eigenvalue weighted by atomic mass is 127. The highest BCUT2D eigenvalue weighted by molar-refractivity contribution is 14.1. The van der Waals surface area contributed by atoms with Crippen molar-refractivity contribution in [1.82, 2.24) is 9.78 Å². The number of hydrogen-bond acceptors (Lipinski definition) is 2. The summed E-state index contributed by atoms with van der Waals surface area (Å²) in [7, 11) is 0. The lowest BCUT2D eigenvalue weighted by atomic mass is 10.2. The summed E-state index contributed by atoms with van der Waals surface area (Å²) in [6, 6.07) is 5.13. The van der Waals surface area contributed by atoms with Crippen molar-refractivity contribution in [3.63, 3.8) is 0 Å². The smallest absolute Gasteiger partial charge is 0.152 e. The van der Waals surface area contributed by atoms with E-state index in [1.165, 1.54) is 0 Å². The van der Waals surface area contributed by atoms with Crippen LogP contribution in [0.3, 0.4) is 0 Å². The minimum Gasteiger partial charge on any atom is -0.298 e. The summed E-state index contributed by atoms with van der Waals surface area (Å²) >= 11 is 7.96. The van der Waals surface area contributed by atoms with E-state index in [0.717, 1.165) is 15.5 Å². The van der Waals surface area contributed by atoms with E-state index in [1.54, 1.807) is 29.1 Å². The van der Waals surface area contributed by atoms with E-state index >= 15 is 0 Å². The second kappa shape index (κ2) is 4.32. The van der Waals surface area contributed by atoms with Gasteiger partial charge in [-0.3, -0.25) is 4.79 Å². The van der Waals surface area contributed by atoms with Crippen LogP contribution < -0.4 is 0 Å². The van der Waals surface area contributed by atoms with Crippen molar-refractivity contribution in [2.24, 2.45) is 0 Å². The Balaban J connectivity index is 2.57. The van der Waals surface area contributed by atoms with Gasteiger partial charge >= 0.3 is 0 Å². The molecular formula is C10H6ClIN2O. The third-order valence-corrected chi connectivity index (χ3v) is 2.71. The Morgan fingerprint density at radius 1 is 1.47 bits per heavy atom. The molecule has 0 unspecified atom stereocenters. The summed E-state index contributed by atoms with van der Waals surface area (Å²) in [5, 5.41) is 4.68. The van der Waals surface area contributed by atoms with Gasteiger partial charge in [0.1, 0.15) is 0 Å². The number of rotatable bonds is 2. The molecule has 2 rings (SSSR count). The van der Waals surface area contributed by atoms with Gasteiger partial charge in [-0.15, -0.1) is 0 Å². The minimum absolute atomic E-state index is 0.530. The molecule has 0 aliphatic rings. The summed E-state index contributed by atoms with van der Waals surface area (Å²) in [6.45, 7) is 0. The summed E-state index contributed by atoms with van der Waals surface area (Å²) in [5.74, 6) is 0. The van der Waals surface area contributed by atoms with Crippen LogP contribution in [0, 0.1) is 3.57 Å². The van der Waals surface area contributed by atoms with Crippen LogP contribution in [0.5, 0.6) is 0 Å². The number of hydrogen-bond donors (Lipinski definition) is 0. The fourth-order valence-corrected chi connectivity index (χ4v) is 1.83. The predicted molar refractivity (Wildman–Crippen MR) is 66.7 cm³/mol. The molecule has 0 aliphatic heterocycles. The van der Waals surface area contributed by atoms with Gasteiger partial charge in [0, 0.05) is 16.8 Å². The number of nitrogens with zero attached hydrogens (tertiary/aromatic N) is 2. The van der Waals surface area contributed by atoms with E-state index < -0.39 is 0 Å². The van der Waals surface area contributed by atoms with Crippen molar-refractivity contribution < 1.29 is 4.79 Å². The molecule has 2 aromatic rings. The third-order valence-electron chi connectivity index (χ3n) is 1.91. The van der Waals surface area contributed by atoms with E-state index in [2.05, 4.69) is 27.7 Å². The lowest BCUT2D eigenvalue weighted by molar-refractivity contribution is 0.112. The minimum atomic E-state index is 0.530. The second-order valence-electron chi connectivity index (χ2n) is 2.92. The molecule has 15 heavy (non-hydrogen) atoms. The molecule has 1 heterocycles. The number of carbonyl (C=O) groups is 1. The Bertz CT molecular complexity index is 510. The monoisotopic (exact) mass is 332 g/mol. The standard InChI is InChI=1S/C10H6ClIN2O/c11-8-1-2-10(7(3-8)6-15)14-5-9(12)4-13-14/h1-6H. The maximum atomic E-state index is 10.9. The molecule has 3 nitrogen and oxygen atoms in total. The first-order valence-electron chi connectivity index (χ1n) is 4.16. The quantitative estimate of drug-likeness (QED) is 0.626. The predicted octanol–water partition coefficient (Wildman–Crippen LogP) is 2.94. The summed E-state index contributed by atoms with van der Waals surface area (Å²) < 4.78 is 2.67. The van der Waals surface area contributed by atoms with Crippen LogP contribution >= 0.6 is 34.2 Å². The zero-order valence-electron chi connectivity index (χ0n) is 7.52. The van der Waals surface area contributed by atoms with Gasteiger partial charge in [0.05, 0.1) is 15.5 Å². The molecule has 0 saturated heterocycles. The molecule has 0 aliphatic carbocycles. The third kappa shape index (κ3) is 2.21. The maximum Gasteiger partial charge on any atom is 0.152 e. The van der Waals surface area contributed by atoms with Crippen molar-refractivity contribution in [3.05, 3.63) is 44.7 Å². The molecule has 0 fully saturated rings. The Hall–Kier alpha value is -0.880. The topological polar surface area (TPSA) is 34.9 Å². The maximum absolute atomic E-state index is 10.9. The van der Waals surface area contributed by atoms with Gasteiger partial charge in [-0.1, -0.05) is 11.6 Å². The highest BCUT2D eigenvalue weighted by Crippen LogP contribution is 2.18. The van der Waals surface area contributed by atoms with Gasteiger partial charge in [-0.05, 0) is 40.8 Å². The van der Waals surface area contributed by atoms with E-state index in [0.29, 0.717) is 10.6 Å². The normalized spacial score (nSPS) is 10.3. The molecule has 0 N–H and O–H groups in total. The van der Waals surface area contributed by atoms with Crippen LogP contribution in [0.15, 0.2) is 30.6 Å². The van der Waals surface area contributed by atoms with E-state index in [4.69, 9.17) is 11.6 Å². The molecule has 0 amide bonds. The van der Waals surface area contributed by atoms with Crippen molar-refractivity contribution in [1.29, 1.82) is 0 Å². The fraction of sp³-hybridized carbons (Fsp3) is 0.